The van der Waals surface area contributed by atoms with Gasteiger partial charge in [0.15, 0.2) is 0 Å². The van der Waals surface area contributed by atoms with Crippen LogP contribution in [0.2, 0.25) is 0 Å². The molecule has 152 valence electrons. The first-order chi connectivity index (χ1) is 13.6. The van der Waals surface area contributed by atoms with Crippen molar-refractivity contribution in [2.45, 2.75) is 57.0 Å². The van der Waals surface area contributed by atoms with Crippen LogP contribution in [0, 0.1) is 5.92 Å². The molecule has 2 saturated heterocycles. The summed E-state index contributed by atoms with van der Waals surface area (Å²) in [6, 6.07) is 7.30. The molecule has 1 aromatic carbocycles. The normalized spacial score (nSPS) is 23.7. The van der Waals surface area contributed by atoms with Crippen LogP contribution in [-0.4, -0.2) is 43.7 Å². The number of benzene rings is 1. The third-order valence-electron chi connectivity index (χ3n) is 6.17. The summed E-state index contributed by atoms with van der Waals surface area (Å²) < 4.78 is 10.8. The Hall–Kier alpha value is -2.21. The van der Waals surface area contributed by atoms with E-state index in [0.29, 0.717) is 31.0 Å². The number of rotatable bonds is 8. The van der Waals surface area contributed by atoms with E-state index in [2.05, 4.69) is 21.7 Å². The van der Waals surface area contributed by atoms with Crippen LogP contribution in [0.3, 0.4) is 0 Å². The SMILES string of the molecule is COc1cc(OC)c2cc(CCCNC(=O)CC3CC4CCC(C3)N4)[nH]c2c1. The second kappa shape index (κ2) is 8.43. The number of aromatic amines is 1. The van der Waals surface area contributed by atoms with Crippen molar-refractivity contribution >= 4 is 16.8 Å². The lowest BCUT2D eigenvalue weighted by Gasteiger charge is -2.28. The van der Waals surface area contributed by atoms with Crippen LogP contribution in [0.15, 0.2) is 18.2 Å². The van der Waals surface area contributed by atoms with E-state index in [4.69, 9.17) is 9.47 Å². The number of hydrogen-bond donors (Lipinski definition) is 3. The first-order valence-corrected chi connectivity index (χ1v) is 10.4. The van der Waals surface area contributed by atoms with Crippen molar-refractivity contribution in [3.05, 3.63) is 23.9 Å². The lowest BCUT2D eigenvalue weighted by Crippen LogP contribution is -2.39. The lowest BCUT2D eigenvalue weighted by molar-refractivity contribution is -0.122. The van der Waals surface area contributed by atoms with Gasteiger partial charge in [-0.05, 0) is 50.5 Å². The van der Waals surface area contributed by atoms with Crippen LogP contribution in [0.1, 0.15) is 44.2 Å². The Labute approximate surface area is 166 Å². The van der Waals surface area contributed by atoms with Gasteiger partial charge in [0.2, 0.25) is 5.91 Å². The van der Waals surface area contributed by atoms with E-state index in [1.807, 2.05) is 12.1 Å². The molecule has 6 heteroatoms. The van der Waals surface area contributed by atoms with Gasteiger partial charge >= 0.3 is 0 Å². The maximum atomic E-state index is 12.3. The van der Waals surface area contributed by atoms with Gasteiger partial charge in [-0.15, -0.1) is 0 Å². The minimum atomic E-state index is 0.203. The van der Waals surface area contributed by atoms with Crippen LogP contribution in [0.25, 0.3) is 10.9 Å². The number of fused-ring (bicyclic) bond motifs is 3. The average molecular weight is 386 g/mol. The van der Waals surface area contributed by atoms with Gasteiger partial charge < -0.3 is 25.1 Å². The van der Waals surface area contributed by atoms with E-state index in [9.17, 15) is 4.79 Å². The number of nitrogens with one attached hydrogen (secondary N) is 3. The Kier molecular flexibility index (Phi) is 5.76. The second-order valence-electron chi connectivity index (χ2n) is 8.22. The number of aromatic nitrogens is 1. The Morgan fingerprint density at radius 3 is 2.64 bits per heavy atom. The fourth-order valence-electron chi connectivity index (χ4n) is 4.84. The van der Waals surface area contributed by atoms with E-state index >= 15 is 0 Å². The molecule has 28 heavy (non-hydrogen) atoms. The zero-order chi connectivity index (χ0) is 19.5. The second-order valence-corrected chi connectivity index (χ2v) is 8.22. The minimum absolute atomic E-state index is 0.203. The molecule has 6 nitrogen and oxygen atoms in total. The number of carbonyl (C=O) groups excluding carboxylic acids is 1. The standard InChI is InChI=1S/C22H31N3O3/c1-27-18-12-20-19(21(13-18)28-2)11-15(25-20)4-3-7-23-22(26)10-14-8-16-5-6-17(9-14)24-16/h11-14,16-17,24-25H,3-10H2,1-2H3,(H,23,26). The zero-order valence-corrected chi connectivity index (χ0v) is 16.8. The maximum absolute atomic E-state index is 12.3. The van der Waals surface area contributed by atoms with Crippen molar-refractivity contribution in [3.8, 4) is 11.5 Å². The Balaban J connectivity index is 1.24. The van der Waals surface area contributed by atoms with Crippen molar-refractivity contribution in [1.29, 1.82) is 0 Å². The van der Waals surface area contributed by atoms with Gasteiger partial charge in [-0.3, -0.25) is 4.79 Å². The van der Waals surface area contributed by atoms with Crippen LogP contribution in [0.5, 0.6) is 11.5 Å². The summed E-state index contributed by atoms with van der Waals surface area (Å²) in [5, 5.41) is 7.80. The Morgan fingerprint density at radius 1 is 1.14 bits per heavy atom. The molecular formula is C22H31N3O3. The minimum Gasteiger partial charge on any atom is -0.497 e. The summed E-state index contributed by atoms with van der Waals surface area (Å²) in [5.74, 6) is 2.33. The number of carbonyl (C=O) groups is 1. The number of aryl methyl sites for hydroxylation is 1. The number of methoxy groups -OCH3 is 2. The summed E-state index contributed by atoms with van der Waals surface area (Å²) in [6.07, 6.45) is 7.36. The van der Waals surface area contributed by atoms with Crippen molar-refractivity contribution in [2.75, 3.05) is 20.8 Å². The maximum Gasteiger partial charge on any atom is 0.220 e. The Morgan fingerprint density at radius 2 is 1.93 bits per heavy atom. The van der Waals surface area contributed by atoms with Crippen molar-refractivity contribution < 1.29 is 14.3 Å². The fraction of sp³-hybridized carbons (Fsp3) is 0.591. The molecule has 2 unspecified atom stereocenters. The summed E-state index contributed by atoms with van der Waals surface area (Å²) in [4.78, 5) is 15.7. The predicted octanol–water partition coefficient (Wildman–Crippen LogP) is 3.15. The molecule has 3 N–H and O–H groups in total. The molecular weight excluding hydrogens is 354 g/mol. The van der Waals surface area contributed by atoms with Crippen LogP contribution in [0.4, 0.5) is 0 Å². The monoisotopic (exact) mass is 385 g/mol. The largest absolute Gasteiger partial charge is 0.497 e. The highest BCUT2D eigenvalue weighted by atomic mass is 16.5. The van der Waals surface area contributed by atoms with Gasteiger partial charge in [0, 0.05) is 48.3 Å². The quantitative estimate of drug-likeness (QED) is 0.610. The average Bonchev–Trinajstić information content (AvgIpc) is 3.26. The molecule has 2 aliphatic rings. The molecule has 4 rings (SSSR count). The van der Waals surface area contributed by atoms with Gasteiger partial charge in [0.05, 0.1) is 19.7 Å². The van der Waals surface area contributed by atoms with E-state index in [1.54, 1.807) is 14.2 Å². The molecule has 2 aliphatic heterocycles. The first kappa shape index (κ1) is 19.1. The van der Waals surface area contributed by atoms with Crippen molar-refractivity contribution in [3.63, 3.8) is 0 Å². The highest BCUT2D eigenvalue weighted by Crippen LogP contribution is 2.33. The number of piperidine rings is 1. The number of H-pyrrole nitrogens is 1. The molecule has 0 radical (unpaired) electrons. The number of ether oxygens (including phenoxy) is 2. The third kappa shape index (κ3) is 4.27. The zero-order valence-electron chi connectivity index (χ0n) is 16.8. The molecule has 1 aromatic heterocycles. The van der Waals surface area contributed by atoms with E-state index in [1.165, 1.54) is 12.8 Å². The smallest absolute Gasteiger partial charge is 0.220 e. The summed E-state index contributed by atoms with van der Waals surface area (Å²) >= 11 is 0. The molecule has 2 bridgehead atoms. The topological polar surface area (TPSA) is 75.4 Å². The van der Waals surface area contributed by atoms with E-state index in [0.717, 1.165) is 53.8 Å². The highest BCUT2D eigenvalue weighted by molar-refractivity contribution is 5.88. The van der Waals surface area contributed by atoms with Gasteiger partial charge in [-0.25, -0.2) is 0 Å². The summed E-state index contributed by atoms with van der Waals surface area (Å²) in [6.45, 7) is 0.715. The first-order valence-electron chi connectivity index (χ1n) is 10.4. The van der Waals surface area contributed by atoms with Crippen LogP contribution < -0.4 is 20.1 Å². The van der Waals surface area contributed by atoms with Gasteiger partial charge in [-0.2, -0.15) is 0 Å². The van der Waals surface area contributed by atoms with Crippen LogP contribution in [-0.2, 0) is 11.2 Å². The lowest BCUT2D eigenvalue weighted by atomic mass is 9.89. The number of amides is 1. The summed E-state index contributed by atoms with van der Waals surface area (Å²) in [5.41, 5.74) is 2.15. The van der Waals surface area contributed by atoms with E-state index < -0.39 is 0 Å². The van der Waals surface area contributed by atoms with Crippen molar-refractivity contribution in [1.82, 2.24) is 15.6 Å². The molecule has 3 heterocycles. The molecule has 0 aliphatic carbocycles. The fourth-order valence-corrected chi connectivity index (χ4v) is 4.84. The van der Waals surface area contributed by atoms with E-state index in [-0.39, 0.29) is 5.91 Å². The molecule has 1 amide bonds. The molecule has 2 aromatic rings. The van der Waals surface area contributed by atoms with Gasteiger partial charge in [0.25, 0.3) is 0 Å². The number of hydrogen-bond acceptors (Lipinski definition) is 4. The highest BCUT2D eigenvalue weighted by Gasteiger charge is 2.34. The molecule has 2 atom stereocenters. The predicted molar refractivity (Wildman–Crippen MR) is 110 cm³/mol. The van der Waals surface area contributed by atoms with Gasteiger partial charge in [0.1, 0.15) is 11.5 Å². The molecule has 2 fully saturated rings. The molecule has 0 spiro atoms. The third-order valence-corrected chi connectivity index (χ3v) is 6.17. The molecule has 0 saturated carbocycles. The summed E-state index contributed by atoms with van der Waals surface area (Å²) in [7, 11) is 3.33. The van der Waals surface area contributed by atoms with Gasteiger partial charge in [-0.1, -0.05) is 0 Å². The Bertz CT molecular complexity index is 820. The van der Waals surface area contributed by atoms with Crippen LogP contribution >= 0.6 is 0 Å². The van der Waals surface area contributed by atoms with Crippen molar-refractivity contribution in [2.24, 2.45) is 5.92 Å².